The van der Waals surface area contributed by atoms with Gasteiger partial charge >= 0.3 is 0 Å². The van der Waals surface area contributed by atoms with Gasteiger partial charge in [0.2, 0.25) is 0 Å². The van der Waals surface area contributed by atoms with Crippen LogP contribution in [0.1, 0.15) is 17.3 Å². The highest BCUT2D eigenvalue weighted by atomic mass is 16.6. The summed E-state index contributed by atoms with van der Waals surface area (Å²) in [5, 5.41) is 2.95. The first-order valence-electron chi connectivity index (χ1n) is 8.03. The molecule has 6 heteroatoms. The first kappa shape index (κ1) is 17.0. The summed E-state index contributed by atoms with van der Waals surface area (Å²) in [6.07, 6.45) is -0.265. The number of amides is 1. The van der Waals surface area contributed by atoms with Crippen molar-refractivity contribution in [2.45, 2.75) is 19.1 Å². The van der Waals surface area contributed by atoms with Crippen LogP contribution < -0.4 is 24.3 Å². The van der Waals surface area contributed by atoms with Crippen LogP contribution in [0, 0.1) is 0 Å². The van der Waals surface area contributed by atoms with E-state index in [-0.39, 0.29) is 18.1 Å². The number of benzene rings is 2. The molecule has 6 nitrogen and oxygen atoms in total. The second-order valence-electron chi connectivity index (χ2n) is 5.75. The lowest BCUT2D eigenvalue weighted by atomic mass is 10.1. The van der Waals surface area contributed by atoms with E-state index in [9.17, 15) is 4.79 Å². The van der Waals surface area contributed by atoms with Gasteiger partial charge in [0.15, 0.2) is 29.1 Å². The molecule has 132 valence electrons. The van der Waals surface area contributed by atoms with Crippen molar-refractivity contribution in [1.29, 1.82) is 0 Å². The van der Waals surface area contributed by atoms with Gasteiger partial charge in [-0.2, -0.15) is 0 Å². The highest BCUT2D eigenvalue weighted by Crippen LogP contribution is 2.32. The van der Waals surface area contributed by atoms with Crippen molar-refractivity contribution in [2.24, 2.45) is 0 Å². The Labute approximate surface area is 146 Å². The number of ether oxygens (including phenoxy) is 4. The quantitative estimate of drug-likeness (QED) is 0.904. The van der Waals surface area contributed by atoms with Crippen LogP contribution in [-0.2, 0) is 0 Å². The second kappa shape index (κ2) is 7.34. The molecule has 25 heavy (non-hydrogen) atoms. The van der Waals surface area contributed by atoms with Crippen LogP contribution in [0.4, 0.5) is 0 Å². The van der Waals surface area contributed by atoms with Gasteiger partial charge in [-0.25, -0.2) is 0 Å². The third-order valence-corrected chi connectivity index (χ3v) is 4.09. The maximum Gasteiger partial charge on any atom is 0.251 e. The van der Waals surface area contributed by atoms with Crippen LogP contribution in [0.3, 0.4) is 0 Å². The Bertz CT molecular complexity index is 761. The minimum absolute atomic E-state index is 0.212. The van der Waals surface area contributed by atoms with Gasteiger partial charge in [-0.1, -0.05) is 12.1 Å². The molecule has 1 aliphatic rings. The summed E-state index contributed by atoms with van der Waals surface area (Å²) in [5.41, 5.74) is 0.488. The first-order valence-corrected chi connectivity index (χ1v) is 8.03. The number of para-hydroxylation sites is 2. The van der Waals surface area contributed by atoms with Crippen LogP contribution >= 0.6 is 0 Å². The van der Waals surface area contributed by atoms with Crippen molar-refractivity contribution in [1.82, 2.24) is 5.32 Å². The van der Waals surface area contributed by atoms with Crippen molar-refractivity contribution >= 4 is 5.91 Å². The van der Waals surface area contributed by atoms with Crippen molar-refractivity contribution in [3.05, 3.63) is 48.0 Å². The lowest BCUT2D eigenvalue weighted by molar-refractivity contribution is 0.0606. The average Bonchev–Trinajstić information content (AvgIpc) is 2.66. The molecule has 3 rings (SSSR count). The summed E-state index contributed by atoms with van der Waals surface area (Å²) in [6, 6.07) is 12.3. The van der Waals surface area contributed by atoms with Crippen molar-refractivity contribution in [3.8, 4) is 23.0 Å². The summed E-state index contributed by atoms with van der Waals surface area (Å²) in [4.78, 5) is 12.5. The molecule has 1 aliphatic heterocycles. The van der Waals surface area contributed by atoms with Crippen molar-refractivity contribution in [3.63, 3.8) is 0 Å². The van der Waals surface area contributed by atoms with Gasteiger partial charge in [-0.05, 0) is 37.3 Å². The number of hydrogen-bond donors (Lipinski definition) is 1. The number of rotatable bonds is 5. The zero-order valence-electron chi connectivity index (χ0n) is 14.4. The second-order valence-corrected chi connectivity index (χ2v) is 5.75. The molecular weight excluding hydrogens is 322 g/mol. The predicted octanol–water partition coefficient (Wildman–Crippen LogP) is 2.66. The maximum absolute atomic E-state index is 12.5. The van der Waals surface area contributed by atoms with Gasteiger partial charge < -0.3 is 24.3 Å². The van der Waals surface area contributed by atoms with Gasteiger partial charge in [-0.3, -0.25) is 4.79 Å². The summed E-state index contributed by atoms with van der Waals surface area (Å²) < 4.78 is 22.1. The Morgan fingerprint density at radius 2 is 1.84 bits per heavy atom. The molecule has 0 saturated heterocycles. The van der Waals surface area contributed by atoms with E-state index in [2.05, 4.69) is 5.32 Å². The number of nitrogens with one attached hydrogen (secondary N) is 1. The fraction of sp³-hybridized carbons (Fsp3) is 0.316. The summed E-state index contributed by atoms with van der Waals surface area (Å²) in [5.74, 6) is 2.28. The van der Waals surface area contributed by atoms with Crippen LogP contribution in [-0.4, -0.2) is 38.9 Å². The SMILES string of the molecule is COc1ccc(C(=O)NC(C)C2COc3ccccc3O2)cc1OC. The van der Waals surface area contributed by atoms with Crippen LogP contribution in [0.2, 0.25) is 0 Å². The van der Waals surface area contributed by atoms with E-state index in [0.717, 1.165) is 5.75 Å². The lowest BCUT2D eigenvalue weighted by Crippen LogP contribution is -2.48. The molecule has 0 bridgehead atoms. The first-order chi connectivity index (χ1) is 12.1. The Hall–Kier alpha value is -2.89. The van der Waals surface area contributed by atoms with E-state index in [0.29, 0.717) is 29.4 Å². The normalized spacial score (nSPS) is 16.7. The smallest absolute Gasteiger partial charge is 0.251 e. The van der Waals surface area contributed by atoms with Crippen molar-refractivity contribution < 1.29 is 23.7 Å². The molecule has 2 atom stereocenters. The van der Waals surface area contributed by atoms with E-state index in [1.54, 1.807) is 25.3 Å². The Morgan fingerprint density at radius 3 is 2.56 bits per heavy atom. The molecule has 2 aromatic rings. The average molecular weight is 343 g/mol. The van der Waals surface area contributed by atoms with E-state index in [1.165, 1.54) is 7.11 Å². The van der Waals surface area contributed by atoms with E-state index >= 15 is 0 Å². The Morgan fingerprint density at radius 1 is 1.12 bits per heavy atom. The zero-order chi connectivity index (χ0) is 17.8. The van der Waals surface area contributed by atoms with Gasteiger partial charge in [0, 0.05) is 5.56 Å². The molecular formula is C19H21NO5. The molecule has 0 spiro atoms. The Kier molecular flexibility index (Phi) is 4.97. The largest absolute Gasteiger partial charge is 0.493 e. The number of methoxy groups -OCH3 is 2. The molecule has 0 aromatic heterocycles. The molecule has 0 fully saturated rings. The summed E-state index contributed by atoms with van der Waals surface area (Å²) in [7, 11) is 3.09. The molecule has 2 aromatic carbocycles. The predicted molar refractivity (Wildman–Crippen MR) is 92.8 cm³/mol. The summed E-state index contributed by atoms with van der Waals surface area (Å²) >= 11 is 0. The van der Waals surface area contributed by atoms with E-state index < -0.39 is 0 Å². The van der Waals surface area contributed by atoms with E-state index in [1.807, 2.05) is 31.2 Å². The number of carbonyl (C=O) groups is 1. The van der Waals surface area contributed by atoms with E-state index in [4.69, 9.17) is 18.9 Å². The number of carbonyl (C=O) groups excluding carboxylic acids is 1. The summed E-state index contributed by atoms with van der Waals surface area (Å²) in [6.45, 7) is 2.27. The highest BCUT2D eigenvalue weighted by Gasteiger charge is 2.27. The molecule has 0 radical (unpaired) electrons. The lowest BCUT2D eigenvalue weighted by Gasteiger charge is -2.30. The minimum Gasteiger partial charge on any atom is -0.493 e. The zero-order valence-corrected chi connectivity index (χ0v) is 14.4. The monoisotopic (exact) mass is 343 g/mol. The highest BCUT2D eigenvalue weighted by molar-refractivity contribution is 5.95. The van der Waals surface area contributed by atoms with Crippen LogP contribution in [0.5, 0.6) is 23.0 Å². The third kappa shape index (κ3) is 3.63. The molecule has 2 unspecified atom stereocenters. The Balaban J connectivity index is 1.67. The minimum atomic E-state index is -0.265. The fourth-order valence-corrected chi connectivity index (χ4v) is 2.64. The molecule has 1 amide bonds. The third-order valence-electron chi connectivity index (χ3n) is 4.09. The van der Waals surface area contributed by atoms with Gasteiger partial charge in [0.05, 0.1) is 20.3 Å². The van der Waals surface area contributed by atoms with Crippen LogP contribution in [0.15, 0.2) is 42.5 Å². The molecule has 0 saturated carbocycles. The van der Waals surface area contributed by atoms with Gasteiger partial charge in [0.1, 0.15) is 6.61 Å². The number of fused-ring (bicyclic) bond motifs is 1. The fourth-order valence-electron chi connectivity index (χ4n) is 2.64. The molecule has 1 N–H and O–H groups in total. The van der Waals surface area contributed by atoms with Gasteiger partial charge in [-0.15, -0.1) is 0 Å². The van der Waals surface area contributed by atoms with Crippen molar-refractivity contribution in [2.75, 3.05) is 20.8 Å². The molecule has 0 aliphatic carbocycles. The standard InChI is InChI=1S/C19H21NO5/c1-12(18-11-24-15-6-4-5-7-16(15)25-18)20-19(21)13-8-9-14(22-2)17(10-13)23-3/h4-10,12,18H,11H2,1-3H3,(H,20,21). The topological polar surface area (TPSA) is 66.0 Å². The molecule has 1 heterocycles. The van der Waals surface area contributed by atoms with Crippen LogP contribution in [0.25, 0.3) is 0 Å². The number of hydrogen-bond acceptors (Lipinski definition) is 5. The maximum atomic E-state index is 12.5. The van der Waals surface area contributed by atoms with Gasteiger partial charge in [0.25, 0.3) is 5.91 Å².